The molecule has 3 amide bonds. The lowest BCUT2D eigenvalue weighted by molar-refractivity contribution is -0.136. The molecule has 0 radical (unpaired) electrons. The van der Waals surface area contributed by atoms with Crippen LogP contribution in [0.1, 0.15) is 29.8 Å². The van der Waals surface area contributed by atoms with Crippen molar-refractivity contribution in [1.82, 2.24) is 14.9 Å². The number of hydrogen-bond donors (Lipinski definition) is 2. The van der Waals surface area contributed by atoms with Gasteiger partial charge in [0.25, 0.3) is 0 Å². The maximum atomic E-state index is 12.3. The molecule has 0 fully saturated rings. The number of aromatic nitrogens is 2. The molecular formula is C20H23N5O3. The van der Waals surface area contributed by atoms with E-state index in [1.807, 2.05) is 34.7 Å². The van der Waals surface area contributed by atoms with E-state index in [4.69, 9.17) is 0 Å². The summed E-state index contributed by atoms with van der Waals surface area (Å²) in [6.07, 6.45) is 6.45. The third-order valence-corrected chi connectivity index (χ3v) is 5.30. The fourth-order valence-corrected chi connectivity index (χ4v) is 3.92. The molecule has 4 rings (SSSR count). The van der Waals surface area contributed by atoms with E-state index in [-0.39, 0.29) is 5.91 Å². The Balaban J connectivity index is 1.40. The number of carbonyl (C=O) groups excluding carboxylic acids is 3. The molecule has 0 aliphatic carbocycles. The molecule has 2 aliphatic heterocycles. The van der Waals surface area contributed by atoms with Crippen molar-refractivity contribution in [2.45, 2.75) is 39.2 Å². The van der Waals surface area contributed by atoms with Crippen molar-refractivity contribution in [3.8, 4) is 0 Å². The van der Waals surface area contributed by atoms with Gasteiger partial charge in [-0.25, -0.2) is 4.98 Å². The summed E-state index contributed by atoms with van der Waals surface area (Å²) in [6.45, 7) is 3.53. The molecule has 0 saturated heterocycles. The molecule has 0 saturated carbocycles. The summed E-state index contributed by atoms with van der Waals surface area (Å²) in [6, 6.07) is 3.76. The molecule has 1 aromatic heterocycles. The zero-order valence-corrected chi connectivity index (χ0v) is 15.8. The Morgan fingerprint density at radius 1 is 1.14 bits per heavy atom. The van der Waals surface area contributed by atoms with E-state index in [1.54, 1.807) is 6.20 Å². The third kappa shape index (κ3) is 3.49. The van der Waals surface area contributed by atoms with Crippen molar-refractivity contribution in [3.63, 3.8) is 0 Å². The summed E-state index contributed by atoms with van der Waals surface area (Å²) < 4.78 is 1.90. The summed E-state index contributed by atoms with van der Waals surface area (Å²) in [5.74, 6) is -0.331. The van der Waals surface area contributed by atoms with Crippen molar-refractivity contribution >= 4 is 29.1 Å². The van der Waals surface area contributed by atoms with Crippen molar-refractivity contribution in [3.05, 3.63) is 41.5 Å². The number of aryl methyl sites for hydroxylation is 3. The van der Waals surface area contributed by atoms with Gasteiger partial charge in [-0.15, -0.1) is 0 Å². The van der Waals surface area contributed by atoms with Gasteiger partial charge in [-0.2, -0.15) is 0 Å². The number of benzene rings is 1. The SMILES string of the molecule is Cc1nccn1CCNC(=O)C(=O)Nc1cc2c3c(c1)CCC(=O)N3CCC2. The Kier molecular flexibility index (Phi) is 4.85. The third-order valence-electron chi connectivity index (χ3n) is 5.30. The average molecular weight is 381 g/mol. The van der Waals surface area contributed by atoms with Crippen LogP contribution in [0.4, 0.5) is 11.4 Å². The average Bonchev–Trinajstić information content (AvgIpc) is 3.09. The van der Waals surface area contributed by atoms with Crippen LogP contribution in [-0.4, -0.2) is 40.4 Å². The van der Waals surface area contributed by atoms with Gasteiger partial charge in [-0.3, -0.25) is 14.4 Å². The molecule has 8 nitrogen and oxygen atoms in total. The lowest BCUT2D eigenvalue weighted by atomic mass is 9.91. The van der Waals surface area contributed by atoms with Gasteiger partial charge in [0.2, 0.25) is 5.91 Å². The fraction of sp³-hybridized carbons (Fsp3) is 0.400. The van der Waals surface area contributed by atoms with E-state index in [0.717, 1.165) is 42.0 Å². The Morgan fingerprint density at radius 3 is 2.68 bits per heavy atom. The number of carbonyl (C=O) groups is 3. The highest BCUT2D eigenvalue weighted by Gasteiger charge is 2.30. The van der Waals surface area contributed by atoms with Gasteiger partial charge in [-0.05, 0) is 49.4 Å². The van der Waals surface area contributed by atoms with Gasteiger partial charge in [0.15, 0.2) is 0 Å². The van der Waals surface area contributed by atoms with Crippen LogP contribution in [0.5, 0.6) is 0 Å². The Labute approximate surface area is 162 Å². The molecule has 1 aromatic carbocycles. The minimum Gasteiger partial charge on any atom is -0.346 e. The first-order valence-corrected chi connectivity index (χ1v) is 9.56. The van der Waals surface area contributed by atoms with Gasteiger partial charge in [0.1, 0.15) is 5.82 Å². The van der Waals surface area contributed by atoms with Crippen LogP contribution in [-0.2, 0) is 33.8 Å². The zero-order chi connectivity index (χ0) is 19.7. The van der Waals surface area contributed by atoms with Crippen molar-refractivity contribution in [1.29, 1.82) is 0 Å². The van der Waals surface area contributed by atoms with Crippen LogP contribution in [0.15, 0.2) is 24.5 Å². The van der Waals surface area contributed by atoms with Gasteiger partial charge < -0.3 is 20.1 Å². The number of anilines is 2. The number of amides is 3. The van der Waals surface area contributed by atoms with E-state index >= 15 is 0 Å². The van der Waals surface area contributed by atoms with E-state index in [1.165, 1.54) is 0 Å². The largest absolute Gasteiger partial charge is 0.346 e. The number of nitrogens with one attached hydrogen (secondary N) is 2. The molecule has 0 bridgehead atoms. The minimum absolute atomic E-state index is 0.165. The first kappa shape index (κ1) is 18.2. The summed E-state index contributed by atoms with van der Waals surface area (Å²) in [5, 5.41) is 5.33. The van der Waals surface area contributed by atoms with Gasteiger partial charge in [0, 0.05) is 44.1 Å². The molecule has 0 atom stereocenters. The van der Waals surface area contributed by atoms with Crippen LogP contribution in [0.25, 0.3) is 0 Å². The van der Waals surface area contributed by atoms with Crippen molar-refractivity contribution in [2.75, 3.05) is 23.3 Å². The number of nitrogens with zero attached hydrogens (tertiary/aromatic N) is 3. The minimum atomic E-state index is -0.686. The number of rotatable bonds is 4. The fourth-order valence-electron chi connectivity index (χ4n) is 3.92. The molecule has 2 N–H and O–H groups in total. The predicted octanol–water partition coefficient (Wildman–Crippen LogP) is 1.17. The van der Waals surface area contributed by atoms with Gasteiger partial charge >= 0.3 is 11.8 Å². The maximum absolute atomic E-state index is 12.3. The first-order valence-electron chi connectivity index (χ1n) is 9.56. The van der Waals surface area contributed by atoms with Gasteiger partial charge in [-0.1, -0.05) is 0 Å². The summed E-state index contributed by atoms with van der Waals surface area (Å²) in [7, 11) is 0. The highest BCUT2D eigenvalue weighted by molar-refractivity contribution is 6.39. The summed E-state index contributed by atoms with van der Waals surface area (Å²) in [4.78, 5) is 42.5. The second-order valence-corrected chi connectivity index (χ2v) is 7.17. The number of imidazole rings is 1. The van der Waals surface area contributed by atoms with E-state index in [9.17, 15) is 14.4 Å². The van der Waals surface area contributed by atoms with E-state index in [2.05, 4.69) is 15.6 Å². The molecule has 8 heteroatoms. The quantitative estimate of drug-likeness (QED) is 0.777. The molecule has 2 aromatic rings. The van der Waals surface area contributed by atoms with Crippen LogP contribution in [0.3, 0.4) is 0 Å². The first-order chi connectivity index (χ1) is 13.5. The second kappa shape index (κ2) is 7.46. The van der Waals surface area contributed by atoms with Crippen LogP contribution < -0.4 is 15.5 Å². The molecule has 146 valence electrons. The smallest absolute Gasteiger partial charge is 0.313 e. The van der Waals surface area contributed by atoms with Crippen molar-refractivity contribution in [2.24, 2.45) is 0 Å². The molecule has 0 spiro atoms. The van der Waals surface area contributed by atoms with Crippen molar-refractivity contribution < 1.29 is 14.4 Å². The lowest BCUT2D eigenvalue weighted by Gasteiger charge is -2.35. The standard InChI is InChI=1S/C20H23N5O3/c1-13-21-6-9-24(13)10-7-22-19(27)20(28)23-16-11-14-3-2-8-25-17(26)5-4-15(12-16)18(14)25/h6,9,11-12H,2-5,7-8,10H2,1H3,(H,22,27)(H,23,28). The molecule has 3 heterocycles. The molecule has 0 unspecified atom stereocenters. The molecule has 28 heavy (non-hydrogen) atoms. The zero-order valence-electron chi connectivity index (χ0n) is 15.8. The molecule has 2 aliphatic rings. The Bertz CT molecular complexity index is 932. The summed E-state index contributed by atoms with van der Waals surface area (Å²) in [5.41, 5.74) is 3.72. The van der Waals surface area contributed by atoms with E-state index < -0.39 is 11.8 Å². The predicted molar refractivity (Wildman–Crippen MR) is 104 cm³/mol. The Morgan fingerprint density at radius 2 is 1.93 bits per heavy atom. The summed E-state index contributed by atoms with van der Waals surface area (Å²) >= 11 is 0. The van der Waals surface area contributed by atoms with Crippen LogP contribution >= 0.6 is 0 Å². The Hall–Kier alpha value is -3.16. The van der Waals surface area contributed by atoms with Gasteiger partial charge in [0.05, 0.1) is 5.69 Å². The monoisotopic (exact) mass is 381 g/mol. The van der Waals surface area contributed by atoms with Crippen LogP contribution in [0.2, 0.25) is 0 Å². The highest BCUT2D eigenvalue weighted by Crippen LogP contribution is 2.37. The molecular weight excluding hydrogens is 358 g/mol. The number of hydrogen-bond acceptors (Lipinski definition) is 4. The normalized spacial score (nSPS) is 15.2. The van der Waals surface area contributed by atoms with E-state index in [0.29, 0.717) is 31.6 Å². The topological polar surface area (TPSA) is 96.3 Å². The maximum Gasteiger partial charge on any atom is 0.313 e. The second-order valence-electron chi connectivity index (χ2n) is 7.17. The lowest BCUT2D eigenvalue weighted by Crippen LogP contribution is -2.39. The van der Waals surface area contributed by atoms with Crippen LogP contribution in [0, 0.1) is 6.92 Å². The highest BCUT2D eigenvalue weighted by atomic mass is 16.2.